The molecule has 4 nitrogen and oxygen atoms in total. The van der Waals surface area contributed by atoms with Crippen molar-refractivity contribution < 1.29 is 9.52 Å². The molecule has 1 amide bonds. The first-order valence-corrected chi connectivity index (χ1v) is 6.67. The molecule has 0 aliphatic rings. The Balaban J connectivity index is 2.00. The van der Waals surface area contributed by atoms with Crippen LogP contribution in [0.5, 0.6) is 0 Å². The average Bonchev–Trinajstić information content (AvgIpc) is 2.41. The Kier molecular flexibility index (Phi) is 4.58. The van der Waals surface area contributed by atoms with E-state index < -0.39 is 0 Å². The minimum absolute atomic E-state index is 0.0808. The van der Waals surface area contributed by atoms with Gasteiger partial charge in [-0.3, -0.25) is 4.79 Å². The zero-order chi connectivity index (χ0) is 14.5. The van der Waals surface area contributed by atoms with E-state index in [4.69, 9.17) is 11.6 Å². The molecule has 2 aromatic rings. The Morgan fingerprint density at radius 1 is 1.35 bits per heavy atom. The summed E-state index contributed by atoms with van der Waals surface area (Å²) < 4.78 is 0.605. The number of carbonyl (C=O) groups excluding carboxylic acids is 1. The highest BCUT2D eigenvalue weighted by atomic mass is 35.5. The number of hydrogen-bond acceptors (Lipinski definition) is 2. The molecule has 0 saturated heterocycles. The predicted molar refractivity (Wildman–Crippen MR) is 77.5 cm³/mol. The molecule has 0 radical (unpaired) electrons. The minimum atomic E-state index is -0.269. The van der Waals surface area contributed by atoms with Gasteiger partial charge >= 0.3 is 0 Å². The van der Waals surface area contributed by atoms with E-state index in [-0.39, 0.29) is 11.9 Å². The van der Waals surface area contributed by atoms with Crippen LogP contribution in [0.4, 0.5) is 0 Å². The van der Waals surface area contributed by atoms with Crippen molar-refractivity contribution in [2.75, 3.05) is 0 Å². The van der Waals surface area contributed by atoms with Gasteiger partial charge in [-0.2, -0.15) is 4.73 Å². The van der Waals surface area contributed by atoms with Gasteiger partial charge in [-0.1, -0.05) is 29.8 Å². The van der Waals surface area contributed by atoms with E-state index in [2.05, 4.69) is 5.32 Å². The fourth-order valence-corrected chi connectivity index (χ4v) is 2.15. The lowest BCUT2D eigenvalue weighted by Crippen LogP contribution is -2.36. The average molecular weight is 291 g/mol. The highest BCUT2D eigenvalue weighted by Crippen LogP contribution is 2.16. The maximum absolute atomic E-state index is 12.0. The van der Waals surface area contributed by atoms with Gasteiger partial charge in [-0.15, -0.1) is 0 Å². The van der Waals surface area contributed by atoms with Crippen LogP contribution in [0.15, 0.2) is 48.8 Å². The largest absolute Gasteiger partial charge is 0.619 e. The Morgan fingerprint density at radius 2 is 2.10 bits per heavy atom. The van der Waals surface area contributed by atoms with E-state index in [1.807, 2.05) is 31.2 Å². The van der Waals surface area contributed by atoms with E-state index in [9.17, 15) is 10.0 Å². The molecular formula is C15H15ClN2O2. The fourth-order valence-electron chi connectivity index (χ4n) is 1.94. The van der Waals surface area contributed by atoms with Crippen molar-refractivity contribution in [1.29, 1.82) is 0 Å². The van der Waals surface area contributed by atoms with Gasteiger partial charge in [0.15, 0.2) is 12.4 Å². The van der Waals surface area contributed by atoms with Crippen molar-refractivity contribution >= 4 is 17.5 Å². The van der Waals surface area contributed by atoms with Crippen LogP contribution >= 0.6 is 11.6 Å². The standard InChI is InChI=1S/C15H15ClN2O2/c1-11(9-12-5-2-3-7-14(12)16)17-15(19)13-6-4-8-18(20)10-13/h2-8,10-11H,9H2,1H3,(H,17,19)/t11-/m0/s1. The van der Waals surface area contributed by atoms with E-state index in [1.165, 1.54) is 12.4 Å². The van der Waals surface area contributed by atoms with Crippen molar-refractivity contribution in [3.05, 3.63) is 70.1 Å². The van der Waals surface area contributed by atoms with E-state index in [0.29, 0.717) is 21.7 Å². The van der Waals surface area contributed by atoms with Crippen LogP contribution in [-0.4, -0.2) is 11.9 Å². The van der Waals surface area contributed by atoms with Crippen molar-refractivity contribution in [3.8, 4) is 0 Å². The normalized spacial score (nSPS) is 11.9. The molecule has 0 unspecified atom stereocenters. The lowest BCUT2D eigenvalue weighted by atomic mass is 10.1. The topological polar surface area (TPSA) is 56.0 Å². The quantitative estimate of drug-likeness (QED) is 0.694. The monoisotopic (exact) mass is 290 g/mol. The number of rotatable bonds is 4. The second kappa shape index (κ2) is 6.39. The molecule has 2 rings (SSSR count). The van der Waals surface area contributed by atoms with Gasteiger partial charge < -0.3 is 10.5 Å². The second-order valence-electron chi connectivity index (χ2n) is 4.62. The Bertz CT molecular complexity index is 616. The van der Waals surface area contributed by atoms with Gasteiger partial charge in [-0.25, -0.2) is 0 Å². The molecular weight excluding hydrogens is 276 g/mol. The van der Waals surface area contributed by atoms with Gasteiger partial charge in [0.25, 0.3) is 5.91 Å². The van der Waals surface area contributed by atoms with Gasteiger partial charge in [0, 0.05) is 17.1 Å². The third kappa shape index (κ3) is 3.71. The minimum Gasteiger partial charge on any atom is -0.619 e. The molecule has 20 heavy (non-hydrogen) atoms. The van der Waals surface area contributed by atoms with Crippen LogP contribution in [0.25, 0.3) is 0 Å². The number of carbonyl (C=O) groups is 1. The summed E-state index contributed by atoms with van der Waals surface area (Å²) in [6.45, 7) is 1.90. The Labute approximate surface area is 122 Å². The van der Waals surface area contributed by atoms with Gasteiger partial charge in [0.1, 0.15) is 5.56 Å². The van der Waals surface area contributed by atoms with Gasteiger partial charge in [0.2, 0.25) is 0 Å². The summed E-state index contributed by atoms with van der Waals surface area (Å²) in [4.78, 5) is 12.0. The number of benzene rings is 1. The summed E-state index contributed by atoms with van der Waals surface area (Å²) in [5.74, 6) is -0.269. The number of amides is 1. The first-order chi connectivity index (χ1) is 9.56. The number of hydrogen-bond donors (Lipinski definition) is 1. The fraction of sp³-hybridized carbons (Fsp3) is 0.200. The Morgan fingerprint density at radius 3 is 2.80 bits per heavy atom. The van der Waals surface area contributed by atoms with Crippen LogP contribution in [0.3, 0.4) is 0 Å². The Hall–Kier alpha value is -2.07. The van der Waals surface area contributed by atoms with Crippen LogP contribution in [0, 0.1) is 5.21 Å². The molecule has 0 aliphatic carbocycles. The highest BCUT2D eigenvalue weighted by Gasteiger charge is 2.13. The SMILES string of the molecule is C[C@@H](Cc1ccccc1Cl)NC(=O)c1ccc[n+]([O-])c1. The summed E-state index contributed by atoms with van der Waals surface area (Å²) in [7, 11) is 0. The predicted octanol–water partition coefficient (Wildman–Crippen LogP) is 2.33. The zero-order valence-electron chi connectivity index (χ0n) is 11.0. The molecule has 0 fully saturated rings. The molecule has 1 aromatic carbocycles. The van der Waals surface area contributed by atoms with Crippen LogP contribution in [0.2, 0.25) is 5.02 Å². The van der Waals surface area contributed by atoms with Crippen molar-refractivity contribution in [2.45, 2.75) is 19.4 Å². The molecule has 104 valence electrons. The lowest BCUT2D eigenvalue weighted by molar-refractivity contribution is -0.605. The number of aromatic nitrogens is 1. The summed E-state index contributed by atoms with van der Waals surface area (Å²) in [5, 5.41) is 14.7. The third-order valence-corrected chi connectivity index (χ3v) is 3.27. The van der Waals surface area contributed by atoms with Crippen molar-refractivity contribution in [2.24, 2.45) is 0 Å². The third-order valence-electron chi connectivity index (χ3n) is 2.90. The molecule has 0 saturated carbocycles. The highest BCUT2D eigenvalue weighted by molar-refractivity contribution is 6.31. The van der Waals surface area contributed by atoms with Crippen LogP contribution < -0.4 is 10.0 Å². The molecule has 1 heterocycles. The second-order valence-corrected chi connectivity index (χ2v) is 5.03. The van der Waals surface area contributed by atoms with Crippen LogP contribution in [0.1, 0.15) is 22.8 Å². The van der Waals surface area contributed by atoms with Gasteiger partial charge in [0.05, 0.1) is 0 Å². The number of nitrogens with zero attached hydrogens (tertiary/aromatic N) is 1. The first kappa shape index (κ1) is 14.3. The lowest BCUT2D eigenvalue weighted by Gasteiger charge is -2.14. The van der Waals surface area contributed by atoms with Crippen molar-refractivity contribution in [1.82, 2.24) is 5.32 Å². The maximum atomic E-state index is 12.0. The van der Waals surface area contributed by atoms with Gasteiger partial charge in [-0.05, 0) is 31.0 Å². The zero-order valence-corrected chi connectivity index (χ0v) is 11.8. The molecule has 0 spiro atoms. The number of nitrogens with one attached hydrogen (secondary N) is 1. The van der Waals surface area contributed by atoms with E-state index in [1.54, 1.807) is 12.1 Å². The smallest absolute Gasteiger partial charge is 0.257 e. The molecule has 5 heteroatoms. The molecule has 0 bridgehead atoms. The number of halogens is 1. The molecule has 1 aromatic heterocycles. The van der Waals surface area contributed by atoms with E-state index >= 15 is 0 Å². The van der Waals surface area contributed by atoms with Crippen molar-refractivity contribution in [3.63, 3.8) is 0 Å². The molecule has 0 aliphatic heterocycles. The molecule has 1 N–H and O–H groups in total. The summed E-state index contributed by atoms with van der Waals surface area (Å²) in [6.07, 6.45) is 3.22. The maximum Gasteiger partial charge on any atom is 0.257 e. The van der Waals surface area contributed by atoms with E-state index in [0.717, 1.165) is 5.56 Å². The van der Waals surface area contributed by atoms with Crippen LogP contribution in [-0.2, 0) is 6.42 Å². The number of pyridine rings is 1. The molecule has 1 atom stereocenters. The first-order valence-electron chi connectivity index (χ1n) is 6.29. The summed E-state index contributed by atoms with van der Waals surface area (Å²) >= 11 is 6.09. The summed E-state index contributed by atoms with van der Waals surface area (Å²) in [6, 6.07) is 10.6. The summed E-state index contributed by atoms with van der Waals surface area (Å²) in [5.41, 5.74) is 1.32.